The Morgan fingerprint density at radius 3 is 2.26 bits per heavy atom. The number of nitrogens with one attached hydrogen (secondary N) is 1. The highest BCUT2D eigenvalue weighted by Gasteiger charge is 2.19. The van der Waals surface area contributed by atoms with Gasteiger partial charge in [-0.25, -0.2) is 0 Å². The van der Waals surface area contributed by atoms with Gasteiger partial charge in [-0.15, -0.1) is 0 Å². The van der Waals surface area contributed by atoms with Crippen LogP contribution in [-0.4, -0.2) is 53.1 Å². The summed E-state index contributed by atoms with van der Waals surface area (Å²) in [6, 6.07) is 24.4. The highest BCUT2D eigenvalue weighted by atomic mass is 16.1. The number of hydrogen-bond donors (Lipinski definition) is 1. The summed E-state index contributed by atoms with van der Waals surface area (Å²) in [7, 11) is 0. The topological polar surface area (TPSA) is 53.4 Å². The SMILES string of the molecule is O=C(Cc1ccc(-n2cccc2)cc1)Nc1ccccc1N1CCN(CCc2ccncc2)CC1. The number of carbonyl (C=O) groups is 1. The number of nitrogens with zero attached hydrogens (tertiary/aromatic N) is 4. The van der Waals surface area contributed by atoms with E-state index in [0.29, 0.717) is 6.42 Å². The third kappa shape index (κ3) is 5.97. The number of anilines is 2. The normalized spacial score (nSPS) is 14.1. The first-order valence-electron chi connectivity index (χ1n) is 12.2. The fraction of sp³-hybridized carbons (Fsp3) is 0.241. The summed E-state index contributed by atoms with van der Waals surface area (Å²) in [5.41, 5.74) is 5.39. The van der Waals surface area contributed by atoms with E-state index in [2.05, 4.69) is 42.9 Å². The first kappa shape index (κ1) is 22.9. The van der Waals surface area contributed by atoms with Crippen LogP contribution in [-0.2, 0) is 17.6 Å². The second kappa shape index (κ2) is 11.0. The van der Waals surface area contributed by atoms with E-state index in [-0.39, 0.29) is 5.91 Å². The zero-order chi connectivity index (χ0) is 23.9. The first-order chi connectivity index (χ1) is 17.2. The van der Waals surface area contributed by atoms with Gasteiger partial charge >= 0.3 is 0 Å². The van der Waals surface area contributed by atoms with Gasteiger partial charge in [0.25, 0.3) is 0 Å². The molecule has 0 unspecified atom stereocenters. The van der Waals surface area contributed by atoms with E-state index < -0.39 is 0 Å². The van der Waals surface area contributed by atoms with Crippen LogP contribution in [0.3, 0.4) is 0 Å². The van der Waals surface area contributed by atoms with Crippen molar-refractivity contribution in [3.8, 4) is 5.69 Å². The van der Waals surface area contributed by atoms with Crippen molar-refractivity contribution < 1.29 is 4.79 Å². The van der Waals surface area contributed by atoms with Crippen LogP contribution < -0.4 is 10.2 Å². The largest absolute Gasteiger partial charge is 0.367 e. The minimum absolute atomic E-state index is 0.00199. The van der Waals surface area contributed by atoms with E-state index in [1.54, 1.807) is 0 Å². The number of hydrogen-bond acceptors (Lipinski definition) is 4. The Bertz CT molecular complexity index is 1210. The van der Waals surface area contributed by atoms with Crippen molar-refractivity contribution in [3.63, 3.8) is 0 Å². The number of carbonyl (C=O) groups excluding carboxylic acids is 1. The number of amides is 1. The van der Waals surface area contributed by atoms with Crippen LogP contribution in [0.5, 0.6) is 0 Å². The summed E-state index contributed by atoms with van der Waals surface area (Å²) >= 11 is 0. The number of piperazine rings is 1. The molecule has 1 amide bonds. The zero-order valence-electron chi connectivity index (χ0n) is 19.9. The van der Waals surface area contributed by atoms with E-state index in [1.807, 2.05) is 79.4 Å². The number of para-hydroxylation sites is 2. The molecular formula is C29H31N5O. The van der Waals surface area contributed by atoms with Gasteiger partial charge in [-0.1, -0.05) is 24.3 Å². The van der Waals surface area contributed by atoms with Gasteiger partial charge in [0.05, 0.1) is 17.8 Å². The molecule has 3 heterocycles. The van der Waals surface area contributed by atoms with Gasteiger partial charge in [-0.05, 0) is 66.1 Å². The molecule has 1 aliphatic rings. The highest BCUT2D eigenvalue weighted by molar-refractivity contribution is 5.95. The molecule has 2 aromatic carbocycles. The molecule has 0 bridgehead atoms. The smallest absolute Gasteiger partial charge is 0.228 e. The van der Waals surface area contributed by atoms with Crippen LogP contribution in [0, 0.1) is 0 Å². The fourth-order valence-electron chi connectivity index (χ4n) is 4.58. The molecule has 0 radical (unpaired) electrons. The molecule has 4 aromatic rings. The lowest BCUT2D eigenvalue weighted by atomic mass is 10.1. The Labute approximate surface area is 206 Å². The molecule has 178 valence electrons. The van der Waals surface area contributed by atoms with Crippen LogP contribution >= 0.6 is 0 Å². The first-order valence-corrected chi connectivity index (χ1v) is 12.2. The van der Waals surface area contributed by atoms with Crippen LogP contribution in [0.4, 0.5) is 11.4 Å². The Balaban J connectivity index is 1.15. The maximum Gasteiger partial charge on any atom is 0.228 e. The number of pyridine rings is 1. The number of rotatable bonds is 8. The Hall–Kier alpha value is -3.90. The molecule has 1 N–H and O–H groups in total. The van der Waals surface area contributed by atoms with Gasteiger partial charge in [0, 0.05) is 63.2 Å². The van der Waals surface area contributed by atoms with Gasteiger partial charge in [0.1, 0.15) is 0 Å². The molecule has 6 heteroatoms. The van der Waals surface area contributed by atoms with Gasteiger partial charge < -0.3 is 14.8 Å². The zero-order valence-corrected chi connectivity index (χ0v) is 19.9. The highest BCUT2D eigenvalue weighted by Crippen LogP contribution is 2.27. The number of aromatic nitrogens is 2. The second-order valence-electron chi connectivity index (χ2n) is 8.93. The predicted octanol–water partition coefficient (Wildman–Crippen LogP) is 4.42. The molecule has 6 nitrogen and oxygen atoms in total. The Kier molecular flexibility index (Phi) is 7.20. The molecule has 1 fully saturated rings. The standard InChI is InChI=1S/C29H31N5O/c35-29(23-25-7-9-26(10-8-25)33-16-3-4-17-33)31-27-5-1-2-6-28(27)34-21-19-32(20-22-34)18-13-24-11-14-30-15-12-24/h1-12,14-17H,13,18-23H2,(H,31,35). The lowest BCUT2D eigenvalue weighted by molar-refractivity contribution is -0.115. The van der Waals surface area contributed by atoms with Crippen molar-refractivity contribution in [2.45, 2.75) is 12.8 Å². The third-order valence-electron chi connectivity index (χ3n) is 6.56. The van der Waals surface area contributed by atoms with Crippen molar-refractivity contribution in [1.29, 1.82) is 0 Å². The van der Waals surface area contributed by atoms with Crippen molar-refractivity contribution >= 4 is 17.3 Å². The maximum atomic E-state index is 12.9. The minimum Gasteiger partial charge on any atom is -0.367 e. The molecule has 0 atom stereocenters. The molecule has 0 saturated carbocycles. The molecule has 2 aromatic heterocycles. The summed E-state index contributed by atoms with van der Waals surface area (Å²) in [4.78, 5) is 21.8. The van der Waals surface area contributed by atoms with Crippen LogP contribution in [0.15, 0.2) is 97.6 Å². The minimum atomic E-state index is 0.00199. The van der Waals surface area contributed by atoms with Gasteiger partial charge in [0.15, 0.2) is 0 Å². The van der Waals surface area contributed by atoms with Crippen LogP contribution in [0.1, 0.15) is 11.1 Å². The Morgan fingerprint density at radius 2 is 1.51 bits per heavy atom. The molecule has 35 heavy (non-hydrogen) atoms. The van der Waals surface area contributed by atoms with Crippen molar-refractivity contribution in [2.24, 2.45) is 0 Å². The van der Waals surface area contributed by atoms with Gasteiger partial charge in [0.2, 0.25) is 5.91 Å². The molecule has 0 spiro atoms. The summed E-state index contributed by atoms with van der Waals surface area (Å²) in [6.07, 6.45) is 9.14. The third-order valence-corrected chi connectivity index (χ3v) is 6.56. The van der Waals surface area contributed by atoms with Crippen molar-refractivity contribution in [3.05, 3.63) is 109 Å². The van der Waals surface area contributed by atoms with E-state index in [1.165, 1.54) is 5.56 Å². The average molecular weight is 466 g/mol. The Morgan fingerprint density at radius 1 is 0.800 bits per heavy atom. The maximum absolute atomic E-state index is 12.9. The summed E-state index contributed by atoms with van der Waals surface area (Å²) in [5.74, 6) is 0.00199. The monoisotopic (exact) mass is 465 g/mol. The second-order valence-corrected chi connectivity index (χ2v) is 8.93. The number of benzene rings is 2. The fourth-order valence-corrected chi connectivity index (χ4v) is 4.58. The predicted molar refractivity (Wildman–Crippen MR) is 141 cm³/mol. The van der Waals surface area contributed by atoms with E-state index >= 15 is 0 Å². The average Bonchev–Trinajstić information content (AvgIpc) is 3.44. The van der Waals surface area contributed by atoms with E-state index in [9.17, 15) is 4.79 Å². The van der Waals surface area contributed by atoms with E-state index in [4.69, 9.17) is 0 Å². The lowest BCUT2D eigenvalue weighted by Gasteiger charge is -2.37. The molecule has 5 rings (SSSR count). The molecule has 1 saturated heterocycles. The molecule has 0 aliphatic carbocycles. The summed E-state index contributed by atoms with van der Waals surface area (Å²) in [6.45, 7) is 4.98. The van der Waals surface area contributed by atoms with Crippen LogP contribution in [0.2, 0.25) is 0 Å². The quantitative estimate of drug-likeness (QED) is 0.419. The van der Waals surface area contributed by atoms with Crippen molar-refractivity contribution in [1.82, 2.24) is 14.5 Å². The van der Waals surface area contributed by atoms with E-state index in [0.717, 1.165) is 61.8 Å². The van der Waals surface area contributed by atoms with Crippen molar-refractivity contribution in [2.75, 3.05) is 42.9 Å². The molecular weight excluding hydrogens is 434 g/mol. The van der Waals surface area contributed by atoms with Crippen LogP contribution in [0.25, 0.3) is 5.69 Å². The lowest BCUT2D eigenvalue weighted by Crippen LogP contribution is -2.47. The molecule has 1 aliphatic heterocycles. The summed E-state index contributed by atoms with van der Waals surface area (Å²) in [5, 5.41) is 3.15. The van der Waals surface area contributed by atoms with Gasteiger partial charge in [-0.3, -0.25) is 14.7 Å². The summed E-state index contributed by atoms with van der Waals surface area (Å²) < 4.78 is 2.05. The van der Waals surface area contributed by atoms with Gasteiger partial charge in [-0.2, -0.15) is 0 Å².